The Morgan fingerprint density at radius 1 is 0.129 bits per heavy atom. The summed E-state index contributed by atoms with van der Waals surface area (Å²) in [6, 6.07) is 96.1. The second kappa shape index (κ2) is 15.2. The highest BCUT2D eigenvalue weighted by atomic mass is 14.3. The highest BCUT2D eigenvalue weighted by molar-refractivity contribution is 6.23. The maximum atomic E-state index is 2.46. The fourth-order valence-electron chi connectivity index (χ4n) is 11.9. The molecule has 0 amide bonds. The maximum Gasteiger partial charge on any atom is -0.00197 e. The Bertz CT molecular complexity index is 4710. The minimum Gasteiger partial charge on any atom is -0.0616 e. The summed E-state index contributed by atoms with van der Waals surface area (Å²) in [6.07, 6.45) is 0. The van der Waals surface area contributed by atoms with E-state index in [4.69, 9.17) is 0 Å². The van der Waals surface area contributed by atoms with Gasteiger partial charge in [0, 0.05) is 0 Å². The third kappa shape index (κ3) is 6.03. The first-order valence-electron chi connectivity index (χ1n) is 24.4. The minimum atomic E-state index is 1.21. The van der Waals surface area contributed by atoms with E-state index in [-0.39, 0.29) is 0 Å². The summed E-state index contributed by atoms with van der Waals surface area (Å²) < 4.78 is 0. The lowest BCUT2D eigenvalue weighted by atomic mass is 9.79. The van der Waals surface area contributed by atoms with Crippen molar-refractivity contribution in [3.05, 3.63) is 255 Å². The van der Waals surface area contributed by atoms with Crippen LogP contribution >= 0.6 is 0 Å². The summed E-state index contributed by atoms with van der Waals surface area (Å²) in [5.74, 6) is 0. The van der Waals surface area contributed by atoms with Gasteiger partial charge in [-0.15, -0.1) is 0 Å². The third-order valence-corrected chi connectivity index (χ3v) is 15.2. The molecule has 0 unspecified atom stereocenters. The average Bonchev–Trinajstić information content (AvgIpc) is 3.41. The van der Waals surface area contributed by atoms with E-state index >= 15 is 0 Å². The van der Waals surface area contributed by atoms with Gasteiger partial charge in [-0.25, -0.2) is 0 Å². The van der Waals surface area contributed by atoms with Gasteiger partial charge in [0.05, 0.1) is 0 Å². The fraction of sp³-hybridized carbons (Fsp3) is 0. The lowest BCUT2D eigenvalue weighted by molar-refractivity contribution is 1.63. The van der Waals surface area contributed by atoms with E-state index in [1.807, 2.05) is 0 Å². The molecule has 0 aliphatic carbocycles. The zero-order valence-electron chi connectivity index (χ0n) is 38.2. The standard InChI is InChI=1S/C70H42/c1-6-18-48-38-63-53(33-43(48)13-1)23-11-25-58(63)60-30-27-55-35-45-15-3-9-21-51(45)41-66(55)69(60)62-32-29-57-37-47-17-5-10-22-52(47)42-67(57)70(62)61-31-28-56-36-46-16-4-8-20-50(46)40-65(56)68(61)59-26-12-24-54-34-44-14-2-7-19-49(44)39-64(54)59/h1-42H. The summed E-state index contributed by atoms with van der Waals surface area (Å²) in [6.45, 7) is 0. The molecule has 0 aliphatic heterocycles. The molecule has 0 heterocycles. The highest BCUT2D eigenvalue weighted by Crippen LogP contribution is 2.52. The van der Waals surface area contributed by atoms with E-state index in [1.54, 1.807) is 0 Å². The molecule has 0 aromatic heterocycles. The zero-order valence-corrected chi connectivity index (χ0v) is 38.2. The van der Waals surface area contributed by atoms with Crippen LogP contribution in [0, 0.1) is 0 Å². The van der Waals surface area contributed by atoms with Gasteiger partial charge in [-0.1, -0.05) is 194 Å². The van der Waals surface area contributed by atoms with Crippen molar-refractivity contribution < 1.29 is 0 Å². The van der Waals surface area contributed by atoms with Gasteiger partial charge >= 0.3 is 0 Å². The first kappa shape index (κ1) is 38.9. The molecule has 0 nitrogen and oxygen atoms in total. The van der Waals surface area contributed by atoms with Crippen LogP contribution in [-0.4, -0.2) is 0 Å². The van der Waals surface area contributed by atoms with Crippen molar-refractivity contribution in [3.8, 4) is 44.5 Å². The first-order valence-corrected chi connectivity index (χ1v) is 24.4. The minimum absolute atomic E-state index is 1.21. The Labute approximate surface area is 404 Å². The van der Waals surface area contributed by atoms with Gasteiger partial charge in [0.25, 0.3) is 0 Å². The van der Waals surface area contributed by atoms with Crippen LogP contribution in [0.1, 0.15) is 0 Å². The molecule has 0 heteroatoms. The summed E-state index contributed by atoms with van der Waals surface area (Å²) in [7, 11) is 0. The molecule has 0 saturated carbocycles. The number of rotatable bonds is 4. The van der Waals surface area contributed by atoms with Gasteiger partial charge in [-0.2, -0.15) is 0 Å². The second-order valence-corrected chi connectivity index (χ2v) is 19.2. The molecule has 0 aliphatic rings. The van der Waals surface area contributed by atoms with E-state index in [0.717, 1.165) is 0 Å². The molecular formula is C70H42. The summed E-state index contributed by atoms with van der Waals surface area (Å²) in [4.78, 5) is 0. The molecule has 0 fully saturated rings. The quantitative estimate of drug-likeness (QED) is 0.155. The van der Waals surface area contributed by atoms with Crippen molar-refractivity contribution in [2.45, 2.75) is 0 Å². The van der Waals surface area contributed by atoms with Gasteiger partial charge in [0.2, 0.25) is 0 Å². The second-order valence-electron chi connectivity index (χ2n) is 19.2. The van der Waals surface area contributed by atoms with Crippen LogP contribution in [0.25, 0.3) is 152 Å². The molecule has 0 bridgehead atoms. The van der Waals surface area contributed by atoms with Gasteiger partial charge in [-0.3, -0.25) is 0 Å². The van der Waals surface area contributed by atoms with Crippen molar-refractivity contribution in [2.24, 2.45) is 0 Å². The van der Waals surface area contributed by atoms with Crippen LogP contribution in [0.4, 0.5) is 0 Å². The van der Waals surface area contributed by atoms with E-state index < -0.39 is 0 Å². The number of benzene rings is 15. The molecule has 322 valence electrons. The van der Waals surface area contributed by atoms with Gasteiger partial charge in [0.1, 0.15) is 0 Å². The fourth-order valence-corrected chi connectivity index (χ4v) is 11.9. The lowest BCUT2D eigenvalue weighted by Crippen LogP contribution is -1.96. The van der Waals surface area contributed by atoms with Crippen molar-refractivity contribution in [2.75, 3.05) is 0 Å². The Kier molecular flexibility index (Phi) is 8.46. The Morgan fingerprint density at radius 3 is 0.743 bits per heavy atom. The summed E-state index contributed by atoms with van der Waals surface area (Å²) in [5, 5.41) is 24.7. The SMILES string of the molecule is c1ccc2cc3c(-c4ccc5cc6ccccc6cc5c4-c4ccc5cc6ccccc6cc5c4-c4ccc5cc6ccccc6cc5c4-c4cccc5cc6ccccc6cc45)cccc3cc2c1. The smallest absolute Gasteiger partial charge is 0.00197 e. The Morgan fingerprint density at radius 2 is 0.371 bits per heavy atom. The summed E-state index contributed by atoms with van der Waals surface area (Å²) in [5.41, 5.74) is 9.82. The van der Waals surface area contributed by atoms with Crippen molar-refractivity contribution in [3.63, 3.8) is 0 Å². The van der Waals surface area contributed by atoms with E-state index in [9.17, 15) is 0 Å². The van der Waals surface area contributed by atoms with Crippen LogP contribution in [0.2, 0.25) is 0 Å². The zero-order chi connectivity index (χ0) is 45.9. The van der Waals surface area contributed by atoms with E-state index in [0.29, 0.717) is 0 Å². The molecular weight excluding hydrogens is 841 g/mol. The predicted molar refractivity (Wildman–Crippen MR) is 303 cm³/mol. The Balaban J connectivity index is 1.14. The molecule has 15 aromatic carbocycles. The van der Waals surface area contributed by atoms with E-state index in [2.05, 4.69) is 255 Å². The normalized spacial score (nSPS) is 12.0. The molecule has 15 rings (SSSR count). The molecule has 15 aromatic rings. The van der Waals surface area contributed by atoms with Crippen LogP contribution in [-0.2, 0) is 0 Å². The van der Waals surface area contributed by atoms with E-state index in [1.165, 1.54) is 152 Å². The lowest BCUT2D eigenvalue weighted by Gasteiger charge is -2.24. The van der Waals surface area contributed by atoms with Gasteiger partial charge in [0.15, 0.2) is 0 Å². The first-order chi connectivity index (χ1) is 34.7. The predicted octanol–water partition coefficient (Wildman–Crippen LogP) is 19.9. The largest absolute Gasteiger partial charge is 0.0616 e. The van der Waals surface area contributed by atoms with Crippen LogP contribution in [0.5, 0.6) is 0 Å². The molecule has 0 radical (unpaired) electrons. The third-order valence-electron chi connectivity index (χ3n) is 15.2. The highest BCUT2D eigenvalue weighted by Gasteiger charge is 2.24. The molecule has 0 saturated heterocycles. The van der Waals surface area contributed by atoms with Crippen LogP contribution < -0.4 is 0 Å². The number of hydrogen-bond acceptors (Lipinski definition) is 0. The molecule has 70 heavy (non-hydrogen) atoms. The van der Waals surface area contributed by atoms with Crippen molar-refractivity contribution in [1.82, 2.24) is 0 Å². The van der Waals surface area contributed by atoms with Crippen LogP contribution in [0.3, 0.4) is 0 Å². The molecule has 0 spiro atoms. The average molecular weight is 883 g/mol. The van der Waals surface area contributed by atoms with Crippen LogP contribution in [0.15, 0.2) is 255 Å². The maximum absolute atomic E-state index is 2.46. The topological polar surface area (TPSA) is 0 Å². The molecule has 0 N–H and O–H groups in total. The monoisotopic (exact) mass is 882 g/mol. The number of fused-ring (bicyclic) bond motifs is 10. The van der Waals surface area contributed by atoms with Crippen molar-refractivity contribution >= 4 is 108 Å². The van der Waals surface area contributed by atoms with Gasteiger partial charge < -0.3 is 0 Å². The summed E-state index contributed by atoms with van der Waals surface area (Å²) >= 11 is 0. The Hall–Kier alpha value is -9.10. The van der Waals surface area contributed by atoms with Crippen molar-refractivity contribution in [1.29, 1.82) is 0 Å². The number of hydrogen-bond donors (Lipinski definition) is 0. The molecule has 0 atom stereocenters. The van der Waals surface area contributed by atoms with Gasteiger partial charge in [-0.05, 0) is 213 Å².